The van der Waals surface area contributed by atoms with E-state index in [0.29, 0.717) is 6.54 Å². The van der Waals surface area contributed by atoms with E-state index in [1.54, 1.807) is 4.90 Å². The molecule has 0 aromatic carbocycles. The van der Waals surface area contributed by atoms with E-state index in [0.717, 1.165) is 38.6 Å². The zero-order chi connectivity index (χ0) is 16.3. The maximum Gasteiger partial charge on any atom is 0.410 e. The van der Waals surface area contributed by atoms with Crippen molar-refractivity contribution in [2.75, 3.05) is 13.1 Å². The number of nitrogens with zero attached hydrogens (tertiary/aromatic N) is 1. The molecule has 1 rings (SSSR count). The predicted molar refractivity (Wildman–Crippen MR) is 85.3 cm³/mol. The highest BCUT2D eigenvalue weighted by Crippen LogP contribution is 2.42. The van der Waals surface area contributed by atoms with Crippen LogP contribution in [0.5, 0.6) is 0 Å². The third-order valence-corrected chi connectivity index (χ3v) is 4.55. The average Bonchev–Trinajstić information content (AvgIpc) is 2.32. The van der Waals surface area contributed by atoms with Gasteiger partial charge in [-0.05, 0) is 72.1 Å². The van der Waals surface area contributed by atoms with Crippen LogP contribution in [0.3, 0.4) is 0 Å². The summed E-state index contributed by atoms with van der Waals surface area (Å²) in [6.45, 7) is 13.2. The SMILES string of the molecule is CCN(CCC1(C)CCC(C)(O)CC1)C(=O)OC(C)(C)C. The highest BCUT2D eigenvalue weighted by atomic mass is 16.6. The zero-order valence-corrected chi connectivity index (χ0v) is 14.7. The normalized spacial score (nSPS) is 30.0. The monoisotopic (exact) mass is 299 g/mol. The molecule has 1 aliphatic rings. The van der Waals surface area contributed by atoms with Crippen LogP contribution in [-0.4, -0.2) is 40.4 Å². The molecule has 0 heterocycles. The number of hydrogen-bond acceptors (Lipinski definition) is 3. The minimum atomic E-state index is -0.505. The van der Waals surface area contributed by atoms with Gasteiger partial charge < -0.3 is 14.7 Å². The van der Waals surface area contributed by atoms with Gasteiger partial charge in [0.25, 0.3) is 0 Å². The fourth-order valence-corrected chi connectivity index (χ4v) is 2.75. The number of hydrogen-bond donors (Lipinski definition) is 1. The summed E-state index contributed by atoms with van der Waals surface area (Å²) in [6.07, 6.45) is 4.48. The Morgan fingerprint density at radius 3 is 2.14 bits per heavy atom. The summed E-state index contributed by atoms with van der Waals surface area (Å²) in [4.78, 5) is 13.9. The Morgan fingerprint density at radius 1 is 1.19 bits per heavy atom. The fraction of sp³-hybridized carbons (Fsp3) is 0.941. The lowest BCUT2D eigenvalue weighted by atomic mass is 9.68. The molecule has 1 aliphatic carbocycles. The molecule has 0 bridgehead atoms. The minimum Gasteiger partial charge on any atom is -0.444 e. The molecule has 4 nitrogen and oxygen atoms in total. The van der Waals surface area contributed by atoms with Gasteiger partial charge >= 0.3 is 6.09 Å². The second-order valence-corrected chi connectivity index (χ2v) is 8.12. The first-order valence-electron chi connectivity index (χ1n) is 8.17. The standard InChI is InChI=1S/C17H33NO3/c1-7-18(14(19)21-15(2,3)4)13-12-16(5)8-10-17(6,20)11-9-16/h20H,7-13H2,1-6H3. The van der Waals surface area contributed by atoms with Crippen LogP contribution in [0.1, 0.15) is 73.6 Å². The summed E-state index contributed by atoms with van der Waals surface area (Å²) in [5, 5.41) is 10.1. The zero-order valence-electron chi connectivity index (χ0n) is 14.7. The Hall–Kier alpha value is -0.770. The van der Waals surface area contributed by atoms with Crippen molar-refractivity contribution >= 4 is 6.09 Å². The molecular weight excluding hydrogens is 266 g/mol. The lowest BCUT2D eigenvalue weighted by molar-refractivity contribution is -0.0206. The van der Waals surface area contributed by atoms with Gasteiger partial charge in [0.05, 0.1) is 5.60 Å². The van der Waals surface area contributed by atoms with Gasteiger partial charge in [-0.1, -0.05) is 6.92 Å². The topological polar surface area (TPSA) is 49.8 Å². The molecule has 0 saturated heterocycles. The number of carbonyl (C=O) groups is 1. The molecular formula is C17H33NO3. The largest absolute Gasteiger partial charge is 0.444 e. The van der Waals surface area contributed by atoms with Crippen LogP contribution < -0.4 is 0 Å². The molecule has 1 amide bonds. The molecule has 1 fully saturated rings. The van der Waals surface area contributed by atoms with Gasteiger partial charge in [-0.2, -0.15) is 0 Å². The van der Waals surface area contributed by atoms with E-state index < -0.39 is 11.2 Å². The summed E-state index contributed by atoms with van der Waals surface area (Å²) < 4.78 is 5.44. The molecule has 0 unspecified atom stereocenters. The number of rotatable bonds is 4. The smallest absolute Gasteiger partial charge is 0.410 e. The molecule has 1 N–H and O–H groups in total. The summed E-state index contributed by atoms with van der Waals surface area (Å²) in [6, 6.07) is 0. The average molecular weight is 299 g/mol. The third kappa shape index (κ3) is 6.25. The van der Waals surface area contributed by atoms with Crippen LogP contribution >= 0.6 is 0 Å². The van der Waals surface area contributed by atoms with Gasteiger partial charge in [0.2, 0.25) is 0 Å². The van der Waals surface area contributed by atoms with Crippen molar-refractivity contribution in [3.63, 3.8) is 0 Å². The van der Waals surface area contributed by atoms with E-state index in [9.17, 15) is 9.90 Å². The van der Waals surface area contributed by atoms with Gasteiger partial charge in [0.1, 0.15) is 5.60 Å². The van der Waals surface area contributed by atoms with Gasteiger partial charge in [-0.15, -0.1) is 0 Å². The minimum absolute atomic E-state index is 0.220. The number of ether oxygens (including phenoxy) is 1. The Bertz CT molecular complexity index is 348. The summed E-state index contributed by atoms with van der Waals surface area (Å²) in [5.41, 5.74) is -0.731. The molecule has 0 spiro atoms. The molecule has 0 aromatic heterocycles. The summed E-state index contributed by atoms with van der Waals surface area (Å²) >= 11 is 0. The van der Waals surface area contributed by atoms with Gasteiger partial charge in [0.15, 0.2) is 0 Å². The molecule has 124 valence electrons. The second kappa shape index (κ2) is 6.55. The van der Waals surface area contributed by atoms with Crippen molar-refractivity contribution in [3.8, 4) is 0 Å². The Kier molecular flexibility index (Phi) is 5.70. The van der Waals surface area contributed by atoms with Gasteiger partial charge in [0, 0.05) is 13.1 Å². The van der Waals surface area contributed by atoms with Crippen molar-refractivity contribution in [3.05, 3.63) is 0 Å². The van der Waals surface area contributed by atoms with Gasteiger partial charge in [-0.3, -0.25) is 0 Å². The first kappa shape index (κ1) is 18.3. The van der Waals surface area contributed by atoms with Crippen LogP contribution in [-0.2, 0) is 4.74 Å². The molecule has 0 radical (unpaired) electrons. The molecule has 21 heavy (non-hydrogen) atoms. The Morgan fingerprint density at radius 2 is 1.71 bits per heavy atom. The van der Waals surface area contributed by atoms with E-state index >= 15 is 0 Å². The molecule has 0 atom stereocenters. The Labute approximate surface area is 129 Å². The maximum atomic E-state index is 12.1. The van der Waals surface area contributed by atoms with Gasteiger partial charge in [-0.25, -0.2) is 4.79 Å². The van der Waals surface area contributed by atoms with E-state index in [1.165, 1.54) is 0 Å². The van der Waals surface area contributed by atoms with Crippen LogP contribution in [0.15, 0.2) is 0 Å². The van der Waals surface area contributed by atoms with Crippen molar-refractivity contribution < 1.29 is 14.6 Å². The first-order chi connectivity index (χ1) is 9.46. The van der Waals surface area contributed by atoms with Crippen molar-refractivity contribution in [1.82, 2.24) is 4.90 Å². The second-order valence-electron chi connectivity index (χ2n) is 8.12. The van der Waals surface area contributed by atoms with Crippen LogP contribution in [0, 0.1) is 5.41 Å². The fourth-order valence-electron chi connectivity index (χ4n) is 2.75. The quantitative estimate of drug-likeness (QED) is 0.854. The summed E-state index contributed by atoms with van der Waals surface area (Å²) in [7, 11) is 0. The van der Waals surface area contributed by atoms with Crippen molar-refractivity contribution in [2.45, 2.75) is 84.8 Å². The number of amides is 1. The lowest BCUT2D eigenvalue weighted by Crippen LogP contribution is -2.40. The van der Waals surface area contributed by atoms with Crippen LogP contribution in [0.25, 0.3) is 0 Å². The van der Waals surface area contributed by atoms with E-state index in [4.69, 9.17) is 4.74 Å². The van der Waals surface area contributed by atoms with E-state index in [-0.39, 0.29) is 11.5 Å². The molecule has 4 heteroatoms. The lowest BCUT2D eigenvalue weighted by Gasteiger charge is -2.41. The van der Waals surface area contributed by atoms with E-state index in [2.05, 4.69) is 6.92 Å². The highest BCUT2D eigenvalue weighted by molar-refractivity contribution is 5.68. The van der Waals surface area contributed by atoms with Crippen molar-refractivity contribution in [1.29, 1.82) is 0 Å². The predicted octanol–water partition coefficient (Wildman–Crippen LogP) is 3.96. The summed E-state index contributed by atoms with van der Waals surface area (Å²) in [5.74, 6) is 0. The van der Waals surface area contributed by atoms with Crippen LogP contribution in [0.4, 0.5) is 4.79 Å². The first-order valence-corrected chi connectivity index (χ1v) is 8.17. The number of aliphatic hydroxyl groups is 1. The third-order valence-electron chi connectivity index (χ3n) is 4.55. The van der Waals surface area contributed by atoms with Crippen LogP contribution in [0.2, 0.25) is 0 Å². The molecule has 0 aliphatic heterocycles. The molecule has 0 aromatic rings. The van der Waals surface area contributed by atoms with Crippen molar-refractivity contribution in [2.24, 2.45) is 5.41 Å². The highest BCUT2D eigenvalue weighted by Gasteiger charge is 2.36. The maximum absolute atomic E-state index is 12.1. The Balaban J connectivity index is 2.50. The number of carbonyl (C=O) groups excluding carboxylic acids is 1. The van der Waals surface area contributed by atoms with E-state index in [1.807, 2.05) is 34.6 Å². The molecule has 1 saturated carbocycles.